The molecule has 130 valence electrons. The van der Waals surface area contributed by atoms with Crippen LogP contribution in [0.4, 0.5) is 0 Å². The summed E-state index contributed by atoms with van der Waals surface area (Å²) in [4.78, 5) is 13.5. The summed E-state index contributed by atoms with van der Waals surface area (Å²) in [6, 6.07) is 10.1. The zero-order chi connectivity index (χ0) is 17.8. The van der Waals surface area contributed by atoms with E-state index in [0.29, 0.717) is 11.7 Å². The minimum Gasteiger partial charge on any atom is -0.350 e. The molecule has 0 saturated heterocycles. The predicted octanol–water partition coefficient (Wildman–Crippen LogP) is 3.14. The standard InChI is InChI=1S/C17H19N5OS2/c1-11-6-7-12(2)15(9-11)22-17(19-20-21-22)25-13(3)16(23)18-10-14-5-4-8-24-14/h4-9,13H,10H2,1-3H3,(H,18,23)/t13-/m1/s1. The summed E-state index contributed by atoms with van der Waals surface area (Å²) in [6.07, 6.45) is 0. The molecular formula is C17H19N5OS2. The first-order chi connectivity index (χ1) is 12.0. The molecule has 2 heterocycles. The normalized spacial score (nSPS) is 12.1. The average Bonchev–Trinajstić information content (AvgIpc) is 3.26. The molecule has 0 aliphatic heterocycles. The maximum absolute atomic E-state index is 12.3. The lowest BCUT2D eigenvalue weighted by atomic mass is 10.1. The van der Waals surface area contributed by atoms with Crippen molar-refractivity contribution in [1.29, 1.82) is 0 Å². The number of carbonyl (C=O) groups excluding carboxylic acids is 1. The van der Waals surface area contributed by atoms with Crippen molar-refractivity contribution in [3.63, 3.8) is 0 Å². The smallest absolute Gasteiger partial charge is 0.233 e. The van der Waals surface area contributed by atoms with Gasteiger partial charge < -0.3 is 5.32 Å². The van der Waals surface area contributed by atoms with Crippen LogP contribution in [0, 0.1) is 13.8 Å². The lowest BCUT2D eigenvalue weighted by Gasteiger charge is -2.12. The molecule has 0 bridgehead atoms. The SMILES string of the molecule is Cc1ccc(C)c(-n2nnnc2S[C@H](C)C(=O)NCc2cccs2)c1. The maximum Gasteiger partial charge on any atom is 0.233 e. The Morgan fingerprint density at radius 1 is 1.36 bits per heavy atom. The third-order valence-electron chi connectivity index (χ3n) is 3.70. The molecule has 3 aromatic rings. The number of hydrogen-bond acceptors (Lipinski definition) is 6. The van der Waals surface area contributed by atoms with Gasteiger partial charge >= 0.3 is 0 Å². The van der Waals surface area contributed by atoms with Gasteiger partial charge in [0, 0.05) is 4.88 Å². The molecule has 3 rings (SSSR count). The lowest BCUT2D eigenvalue weighted by molar-refractivity contribution is -0.120. The number of aromatic nitrogens is 4. The molecule has 1 aromatic carbocycles. The summed E-state index contributed by atoms with van der Waals surface area (Å²) in [5.74, 6) is -0.0334. The van der Waals surface area contributed by atoms with Crippen molar-refractivity contribution in [3.05, 3.63) is 51.7 Å². The fourth-order valence-corrected chi connectivity index (χ4v) is 3.76. The highest BCUT2D eigenvalue weighted by atomic mass is 32.2. The summed E-state index contributed by atoms with van der Waals surface area (Å²) in [6.45, 7) is 6.45. The minimum absolute atomic E-state index is 0.0334. The third-order valence-corrected chi connectivity index (χ3v) is 5.61. The molecule has 1 amide bonds. The highest BCUT2D eigenvalue weighted by Crippen LogP contribution is 2.25. The Bertz CT molecular complexity index is 860. The molecule has 0 aliphatic rings. The Balaban J connectivity index is 1.70. The molecule has 0 radical (unpaired) electrons. The molecule has 2 aromatic heterocycles. The quantitative estimate of drug-likeness (QED) is 0.672. The Kier molecular flexibility index (Phi) is 5.50. The summed E-state index contributed by atoms with van der Waals surface area (Å²) in [5.41, 5.74) is 3.14. The van der Waals surface area contributed by atoms with Gasteiger partial charge in [0.1, 0.15) is 0 Å². The van der Waals surface area contributed by atoms with E-state index in [-0.39, 0.29) is 11.2 Å². The van der Waals surface area contributed by atoms with Gasteiger partial charge in [-0.3, -0.25) is 4.79 Å². The first-order valence-corrected chi connectivity index (χ1v) is 9.63. The highest BCUT2D eigenvalue weighted by Gasteiger charge is 2.19. The van der Waals surface area contributed by atoms with Crippen molar-refractivity contribution in [1.82, 2.24) is 25.5 Å². The first kappa shape index (κ1) is 17.6. The number of benzene rings is 1. The Morgan fingerprint density at radius 2 is 2.20 bits per heavy atom. The van der Waals surface area contributed by atoms with Crippen LogP contribution >= 0.6 is 23.1 Å². The van der Waals surface area contributed by atoms with E-state index in [9.17, 15) is 4.79 Å². The van der Waals surface area contributed by atoms with Gasteiger partial charge in [-0.05, 0) is 59.8 Å². The van der Waals surface area contributed by atoms with E-state index < -0.39 is 0 Å². The van der Waals surface area contributed by atoms with Crippen LogP contribution in [-0.4, -0.2) is 31.4 Å². The monoisotopic (exact) mass is 373 g/mol. The minimum atomic E-state index is -0.296. The number of carbonyl (C=O) groups is 1. The van der Waals surface area contributed by atoms with E-state index >= 15 is 0 Å². The second-order valence-electron chi connectivity index (χ2n) is 5.72. The van der Waals surface area contributed by atoms with E-state index in [4.69, 9.17) is 0 Å². The molecule has 0 unspecified atom stereocenters. The number of rotatable bonds is 6. The molecule has 25 heavy (non-hydrogen) atoms. The number of nitrogens with one attached hydrogen (secondary N) is 1. The summed E-state index contributed by atoms with van der Waals surface area (Å²) in [5, 5.41) is 17.2. The number of tetrazole rings is 1. The van der Waals surface area contributed by atoms with E-state index in [2.05, 4.69) is 26.9 Å². The lowest BCUT2D eigenvalue weighted by Crippen LogP contribution is -2.30. The van der Waals surface area contributed by atoms with E-state index in [0.717, 1.165) is 21.7 Å². The molecular weight excluding hydrogens is 354 g/mol. The van der Waals surface area contributed by atoms with Crippen LogP contribution in [0.1, 0.15) is 22.9 Å². The van der Waals surface area contributed by atoms with Gasteiger partial charge in [-0.1, -0.05) is 30.0 Å². The van der Waals surface area contributed by atoms with Crippen LogP contribution in [0.5, 0.6) is 0 Å². The van der Waals surface area contributed by atoms with Crippen LogP contribution in [0.15, 0.2) is 40.9 Å². The second kappa shape index (κ2) is 7.79. The van der Waals surface area contributed by atoms with Crippen molar-refractivity contribution in [3.8, 4) is 5.69 Å². The summed E-state index contributed by atoms with van der Waals surface area (Å²) < 4.78 is 1.69. The molecule has 0 saturated carbocycles. The number of amides is 1. The fourth-order valence-electron chi connectivity index (χ4n) is 2.29. The molecule has 6 nitrogen and oxygen atoms in total. The molecule has 0 fully saturated rings. The number of nitrogens with zero attached hydrogens (tertiary/aromatic N) is 4. The third kappa shape index (κ3) is 4.26. The Labute approximate surface area is 154 Å². The number of thiophene rings is 1. The highest BCUT2D eigenvalue weighted by molar-refractivity contribution is 8.00. The number of hydrogen-bond donors (Lipinski definition) is 1. The Hall–Kier alpha value is -2.19. The molecule has 0 spiro atoms. The topological polar surface area (TPSA) is 72.7 Å². The largest absolute Gasteiger partial charge is 0.350 e. The van der Waals surface area contributed by atoms with Gasteiger partial charge in [0.15, 0.2) is 0 Å². The summed E-state index contributed by atoms with van der Waals surface area (Å²) in [7, 11) is 0. The van der Waals surface area contributed by atoms with Gasteiger partial charge in [-0.25, -0.2) is 0 Å². The molecule has 1 N–H and O–H groups in total. The second-order valence-corrected chi connectivity index (χ2v) is 8.06. The zero-order valence-corrected chi connectivity index (χ0v) is 15.9. The van der Waals surface area contributed by atoms with Gasteiger partial charge in [0.25, 0.3) is 0 Å². The van der Waals surface area contributed by atoms with Gasteiger partial charge in [-0.15, -0.1) is 16.4 Å². The molecule has 0 aliphatic carbocycles. The van der Waals surface area contributed by atoms with Crippen LogP contribution in [0.2, 0.25) is 0 Å². The van der Waals surface area contributed by atoms with Gasteiger partial charge in [0.05, 0.1) is 17.5 Å². The zero-order valence-electron chi connectivity index (χ0n) is 14.3. The van der Waals surface area contributed by atoms with Crippen LogP contribution in [0.25, 0.3) is 5.69 Å². The Morgan fingerprint density at radius 3 is 2.96 bits per heavy atom. The van der Waals surface area contributed by atoms with E-state index in [1.807, 2.05) is 50.4 Å². The van der Waals surface area contributed by atoms with Gasteiger partial charge in [0.2, 0.25) is 11.1 Å². The van der Waals surface area contributed by atoms with Crippen molar-refractivity contribution < 1.29 is 4.79 Å². The van der Waals surface area contributed by atoms with Crippen LogP contribution < -0.4 is 5.32 Å². The molecule has 1 atom stereocenters. The van der Waals surface area contributed by atoms with Crippen molar-refractivity contribution >= 4 is 29.0 Å². The van der Waals surface area contributed by atoms with E-state index in [1.165, 1.54) is 11.8 Å². The number of thioether (sulfide) groups is 1. The average molecular weight is 374 g/mol. The maximum atomic E-state index is 12.3. The first-order valence-electron chi connectivity index (χ1n) is 7.87. The summed E-state index contributed by atoms with van der Waals surface area (Å²) >= 11 is 2.98. The fraction of sp³-hybridized carbons (Fsp3) is 0.294. The van der Waals surface area contributed by atoms with Crippen molar-refractivity contribution in [2.45, 2.75) is 37.7 Å². The predicted molar refractivity (Wildman–Crippen MR) is 100 cm³/mol. The number of aryl methyl sites for hydroxylation is 2. The molecule has 8 heteroatoms. The van der Waals surface area contributed by atoms with Crippen LogP contribution in [-0.2, 0) is 11.3 Å². The van der Waals surface area contributed by atoms with Crippen molar-refractivity contribution in [2.24, 2.45) is 0 Å². The van der Waals surface area contributed by atoms with Crippen molar-refractivity contribution in [2.75, 3.05) is 0 Å². The van der Waals surface area contributed by atoms with Crippen LogP contribution in [0.3, 0.4) is 0 Å². The van der Waals surface area contributed by atoms with Gasteiger partial charge in [-0.2, -0.15) is 4.68 Å². The van der Waals surface area contributed by atoms with E-state index in [1.54, 1.807) is 16.0 Å².